The molecule has 1 fully saturated rings. The second-order valence-electron chi connectivity index (χ2n) is 6.26. The first-order valence-corrected chi connectivity index (χ1v) is 10.5. The zero-order valence-electron chi connectivity index (χ0n) is 13.7. The van der Waals surface area contributed by atoms with Gasteiger partial charge in [0.15, 0.2) is 9.84 Å². The Morgan fingerprint density at radius 1 is 1.36 bits per heavy atom. The van der Waals surface area contributed by atoms with E-state index in [9.17, 15) is 18.0 Å². The van der Waals surface area contributed by atoms with Crippen LogP contribution < -0.4 is 5.32 Å². The molecule has 0 aliphatic carbocycles. The Labute approximate surface area is 154 Å². The third kappa shape index (κ3) is 4.09. The molecule has 0 aromatic heterocycles. The van der Waals surface area contributed by atoms with Gasteiger partial charge >= 0.3 is 0 Å². The lowest BCUT2D eigenvalue weighted by Crippen LogP contribution is -2.42. The van der Waals surface area contributed by atoms with E-state index < -0.39 is 15.9 Å². The van der Waals surface area contributed by atoms with E-state index in [-0.39, 0.29) is 41.9 Å². The number of anilines is 1. The number of hydrazone groups is 1. The molecule has 2 amide bonds. The molecule has 2 aliphatic rings. The van der Waals surface area contributed by atoms with Gasteiger partial charge in [-0.25, -0.2) is 13.4 Å². The van der Waals surface area contributed by atoms with E-state index >= 15 is 0 Å². The van der Waals surface area contributed by atoms with Gasteiger partial charge in [-0.1, -0.05) is 22.0 Å². The number of hydrogen-bond donors (Lipinski definition) is 1. The smallest absolute Gasteiger partial charge is 0.271 e. The van der Waals surface area contributed by atoms with Gasteiger partial charge in [0, 0.05) is 23.0 Å². The van der Waals surface area contributed by atoms with Crippen LogP contribution in [0.2, 0.25) is 0 Å². The van der Waals surface area contributed by atoms with E-state index in [2.05, 4.69) is 26.3 Å². The highest BCUT2D eigenvalue weighted by molar-refractivity contribution is 9.10. The van der Waals surface area contributed by atoms with Crippen molar-refractivity contribution < 1.29 is 18.0 Å². The third-order valence-corrected chi connectivity index (χ3v) is 6.57. The van der Waals surface area contributed by atoms with Crippen molar-refractivity contribution in [1.82, 2.24) is 5.01 Å². The van der Waals surface area contributed by atoms with Crippen molar-refractivity contribution in [3.63, 3.8) is 0 Å². The SMILES string of the molecule is Cc1ccc(Br)cc1NC(=O)C1=NN(C2CCS(=O)(=O)C2)C(=O)CC1. The number of benzene rings is 1. The Morgan fingerprint density at radius 3 is 2.80 bits per heavy atom. The number of carbonyl (C=O) groups excluding carboxylic acids is 2. The minimum Gasteiger partial charge on any atom is -0.321 e. The molecule has 2 aliphatic heterocycles. The van der Waals surface area contributed by atoms with Crippen LogP contribution in [0.1, 0.15) is 24.8 Å². The summed E-state index contributed by atoms with van der Waals surface area (Å²) in [6.07, 6.45) is 0.755. The molecule has 7 nitrogen and oxygen atoms in total. The summed E-state index contributed by atoms with van der Waals surface area (Å²) in [7, 11) is -3.13. The van der Waals surface area contributed by atoms with Crippen LogP contribution in [0.5, 0.6) is 0 Å². The molecular weight excluding hydrogens is 410 g/mol. The van der Waals surface area contributed by atoms with Crippen molar-refractivity contribution in [3.8, 4) is 0 Å². The van der Waals surface area contributed by atoms with Crippen molar-refractivity contribution in [2.75, 3.05) is 16.8 Å². The van der Waals surface area contributed by atoms with Gasteiger partial charge in [0.25, 0.3) is 5.91 Å². The first-order valence-electron chi connectivity index (χ1n) is 7.92. The van der Waals surface area contributed by atoms with E-state index in [4.69, 9.17) is 0 Å². The molecule has 0 bridgehead atoms. The topological polar surface area (TPSA) is 95.9 Å². The molecule has 1 atom stereocenters. The molecule has 1 aromatic rings. The van der Waals surface area contributed by atoms with Gasteiger partial charge in [0.2, 0.25) is 5.91 Å². The number of carbonyl (C=O) groups is 2. The zero-order chi connectivity index (χ0) is 18.2. The average molecular weight is 428 g/mol. The zero-order valence-corrected chi connectivity index (χ0v) is 16.1. The molecule has 1 saturated heterocycles. The minimum absolute atomic E-state index is 0.0513. The summed E-state index contributed by atoms with van der Waals surface area (Å²) in [5.74, 6) is -0.658. The van der Waals surface area contributed by atoms with Crippen molar-refractivity contribution >= 4 is 49.0 Å². The highest BCUT2D eigenvalue weighted by Crippen LogP contribution is 2.24. The van der Waals surface area contributed by atoms with E-state index in [0.29, 0.717) is 12.1 Å². The molecule has 3 rings (SSSR count). The van der Waals surface area contributed by atoms with Crippen molar-refractivity contribution in [2.45, 2.75) is 32.2 Å². The minimum atomic E-state index is -3.13. The summed E-state index contributed by atoms with van der Waals surface area (Å²) in [5, 5.41) is 8.17. The van der Waals surface area contributed by atoms with Gasteiger partial charge in [0.1, 0.15) is 5.71 Å². The van der Waals surface area contributed by atoms with Gasteiger partial charge in [-0.15, -0.1) is 0 Å². The maximum atomic E-state index is 12.5. The molecule has 0 saturated carbocycles. The van der Waals surface area contributed by atoms with Crippen LogP contribution in [-0.4, -0.2) is 48.5 Å². The molecule has 0 radical (unpaired) electrons. The summed E-state index contributed by atoms with van der Waals surface area (Å²) in [5.41, 5.74) is 1.81. The van der Waals surface area contributed by atoms with Gasteiger partial charge in [0.05, 0.1) is 17.5 Å². The summed E-state index contributed by atoms with van der Waals surface area (Å²) in [6.45, 7) is 1.88. The molecule has 1 aromatic carbocycles. The predicted octanol–water partition coefficient (Wildman–Crippen LogP) is 1.86. The molecule has 9 heteroatoms. The maximum absolute atomic E-state index is 12.5. The van der Waals surface area contributed by atoms with Gasteiger partial charge in [-0.3, -0.25) is 9.59 Å². The van der Waals surface area contributed by atoms with Crippen LogP contribution in [0.3, 0.4) is 0 Å². The summed E-state index contributed by atoms with van der Waals surface area (Å²) in [6, 6.07) is 5.07. The fourth-order valence-electron chi connectivity index (χ4n) is 2.91. The number of nitrogens with zero attached hydrogens (tertiary/aromatic N) is 2. The average Bonchev–Trinajstić information content (AvgIpc) is 2.91. The second kappa shape index (κ2) is 6.87. The molecule has 1 N–H and O–H groups in total. The van der Waals surface area contributed by atoms with Crippen LogP contribution in [0, 0.1) is 6.92 Å². The van der Waals surface area contributed by atoms with Crippen molar-refractivity contribution in [3.05, 3.63) is 28.2 Å². The number of halogens is 1. The number of nitrogens with one attached hydrogen (secondary N) is 1. The molecule has 2 heterocycles. The Morgan fingerprint density at radius 2 is 2.12 bits per heavy atom. The largest absolute Gasteiger partial charge is 0.321 e. The standard InChI is InChI=1S/C16H18BrN3O4S/c1-10-2-3-11(17)8-14(10)18-16(22)13-4-5-15(21)20(19-13)12-6-7-25(23,24)9-12/h2-3,8,12H,4-7,9H2,1H3,(H,18,22). The normalized spacial score (nSPS) is 22.6. The van der Waals surface area contributed by atoms with Crippen molar-refractivity contribution in [1.29, 1.82) is 0 Å². The van der Waals surface area contributed by atoms with Crippen LogP contribution in [0.25, 0.3) is 0 Å². The Balaban J connectivity index is 1.79. The number of hydrogen-bond acceptors (Lipinski definition) is 5. The van der Waals surface area contributed by atoms with Gasteiger partial charge in [-0.05, 0) is 31.0 Å². The van der Waals surface area contributed by atoms with Gasteiger partial charge in [-0.2, -0.15) is 5.10 Å². The Bertz CT molecular complexity index is 866. The van der Waals surface area contributed by atoms with Crippen LogP contribution in [-0.2, 0) is 19.4 Å². The molecule has 0 spiro atoms. The third-order valence-electron chi connectivity index (χ3n) is 4.32. The number of aryl methyl sites for hydroxylation is 1. The monoisotopic (exact) mass is 427 g/mol. The van der Waals surface area contributed by atoms with E-state index in [1.807, 2.05) is 19.1 Å². The van der Waals surface area contributed by atoms with E-state index in [1.54, 1.807) is 6.07 Å². The predicted molar refractivity (Wildman–Crippen MR) is 98.1 cm³/mol. The highest BCUT2D eigenvalue weighted by atomic mass is 79.9. The van der Waals surface area contributed by atoms with Gasteiger partial charge < -0.3 is 5.32 Å². The summed E-state index contributed by atoms with van der Waals surface area (Å²) >= 11 is 3.36. The number of rotatable bonds is 3. The van der Waals surface area contributed by atoms with E-state index in [1.165, 1.54) is 5.01 Å². The maximum Gasteiger partial charge on any atom is 0.271 e. The van der Waals surface area contributed by atoms with Crippen LogP contribution in [0.4, 0.5) is 5.69 Å². The summed E-state index contributed by atoms with van der Waals surface area (Å²) < 4.78 is 24.1. The first kappa shape index (κ1) is 18.1. The van der Waals surface area contributed by atoms with E-state index in [0.717, 1.165) is 10.0 Å². The molecular formula is C16H18BrN3O4S. The Hall–Kier alpha value is -1.74. The highest BCUT2D eigenvalue weighted by Gasteiger charge is 2.37. The first-order chi connectivity index (χ1) is 11.7. The van der Waals surface area contributed by atoms with Crippen LogP contribution >= 0.6 is 15.9 Å². The van der Waals surface area contributed by atoms with Crippen LogP contribution in [0.15, 0.2) is 27.8 Å². The number of sulfone groups is 1. The fraction of sp³-hybridized carbons (Fsp3) is 0.438. The molecule has 25 heavy (non-hydrogen) atoms. The summed E-state index contributed by atoms with van der Waals surface area (Å²) in [4.78, 5) is 24.6. The number of amides is 2. The quantitative estimate of drug-likeness (QED) is 0.795. The Kier molecular flexibility index (Phi) is 4.97. The lowest BCUT2D eigenvalue weighted by molar-refractivity contribution is -0.133. The molecule has 134 valence electrons. The lowest BCUT2D eigenvalue weighted by Gasteiger charge is -2.27. The fourth-order valence-corrected chi connectivity index (χ4v) is 4.96. The lowest BCUT2D eigenvalue weighted by atomic mass is 10.1. The van der Waals surface area contributed by atoms with Crippen molar-refractivity contribution in [2.24, 2.45) is 5.10 Å². The molecule has 1 unspecified atom stereocenters. The second-order valence-corrected chi connectivity index (χ2v) is 9.40.